The Bertz CT molecular complexity index is 1630. The number of ether oxygens (including phenoxy) is 2. The van der Waals surface area contributed by atoms with E-state index in [-0.39, 0.29) is 17.5 Å². The third kappa shape index (κ3) is 4.61. The first kappa shape index (κ1) is 23.8. The van der Waals surface area contributed by atoms with Crippen LogP contribution in [0.2, 0.25) is 0 Å². The molecule has 0 radical (unpaired) electrons. The minimum Gasteiger partial charge on any atom is -0.454 e. The maximum Gasteiger partial charge on any atom is 0.294 e. The van der Waals surface area contributed by atoms with Gasteiger partial charge in [0.1, 0.15) is 12.4 Å². The summed E-state index contributed by atoms with van der Waals surface area (Å²) in [7, 11) is 0. The number of hydrogen-bond acceptors (Lipinski definition) is 6. The zero-order valence-electron chi connectivity index (χ0n) is 19.8. The van der Waals surface area contributed by atoms with Crippen molar-refractivity contribution in [1.29, 1.82) is 0 Å². The van der Waals surface area contributed by atoms with Crippen LogP contribution in [0.5, 0.6) is 11.5 Å². The number of halogens is 1. The Kier molecular flexibility index (Phi) is 6.09. The number of rotatable bonds is 6. The molecule has 1 N–H and O–H groups in total. The summed E-state index contributed by atoms with van der Waals surface area (Å²) in [5.74, 6) is -0.250. The molecule has 3 aromatic carbocycles. The lowest BCUT2D eigenvalue weighted by Crippen LogP contribution is -2.36. The number of nitrogens with zero attached hydrogens (tertiary/aromatic N) is 2. The Morgan fingerprint density at radius 1 is 1.03 bits per heavy atom. The average molecular weight is 530 g/mol. The standard InChI is InChI=1S/C28H20FN3O5S/c29-19-7-5-17(6-8-19)13-31-14-18(21-3-1-2-4-22(21)31)11-25-27(34)32(28(35)38-25)15-26(33)30-20-9-10-23-24(12-20)37-16-36-23/h1-12,14H,13,15-16H2,(H,30,33)/b25-11-. The van der Waals surface area contributed by atoms with E-state index >= 15 is 0 Å². The Labute approximate surface area is 220 Å². The Morgan fingerprint density at radius 3 is 2.66 bits per heavy atom. The van der Waals surface area contributed by atoms with Crippen molar-refractivity contribution in [3.05, 3.63) is 94.8 Å². The first-order chi connectivity index (χ1) is 18.4. The summed E-state index contributed by atoms with van der Waals surface area (Å²) >= 11 is 0.796. The monoisotopic (exact) mass is 529 g/mol. The van der Waals surface area contributed by atoms with E-state index in [1.165, 1.54) is 12.1 Å². The van der Waals surface area contributed by atoms with E-state index < -0.39 is 23.6 Å². The number of amides is 3. The summed E-state index contributed by atoms with van der Waals surface area (Å²) < 4.78 is 25.9. The Morgan fingerprint density at radius 2 is 1.82 bits per heavy atom. The SMILES string of the molecule is O=C(CN1C(=O)S/C(=C\c2cn(Cc3ccc(F)cc3)c3ccccc23)C1=O)Nc1ccc2c(c1)OCO2. The molecule has 0 unspecified atom stereocenters. The summed E-state index contributed by atoms with van der Waals surface area (Å²) in [5.41, 5.74) is 3.09. The molecule has 0 aliphatic carbocycles. The third-order valence-electron chi connectivity index (χ3n) is 6.20. The molecule has 0 saturated carbocycles. The first-order valence-corrected chi connectivity index (χ1v) is 12.5. The maximum atomic E-state index is 13.3. The van der Waals surface area contributed by atoms with Gasteiger partial charge in [0.15, 0.2) is 11.5 Å². The van der Waals surface area contributed by atoms with Crippen LogP contribution in [0.4, 0.5) is 14.9 Å². The number of carbonyl (C=O) groups excluding carboxylic acids is 3. The fourth-order valence-corrected chi connectivity index (χ4v) is 5.23. The number of imide groups is 1. The Balaban J connectivity index is 1.20. The molecule has 0 bridgehead atoms. The number of fused-ring (bicyclic) bond motifs is 2. The second-order valence-corrected chi connectivity index (χ2v) is 9.73. The van der Waals surface area contributed by atoms with Crippen molar-refractivity contribution >= 4 is 51.5 Å². The largest absolute Gasteiger partial charge is 0.454 e. The number of hydrogen-bond donors (Lipinski definition) is 1. The van der Waals surface area contributed by atoms with Crippen molar-refractivity contribution in [1.82, 2.24) is 9.47 Å². The minimum absolute atomic E-state index is 0.112. The van der Waals surface area contributed by atoms with Gasteiger partial charge >= 0.3 is 0 Å². The highest BCUT2D eigenvalue weighted by Gasteiger charge is 2.36. The molecule has 1 saturated heterocycles. The van der Waals surface area contributed by atoms with Crippen molar-refractivity contribution in [3.8, 4) is 11.5 Å². The summed E-state index contributed by atoms with van der Waals surface area (Å²) in [6, 6.07) is 18.9. The third-order valence-corrected chi connectivity index (χ3v) is 7.11. The van der Waals surface area contributed by atoms with Gasteiger partial charge in [0.2, 0.25) is 12.7 Å². The molecule has 2 aliphatic heterocycles. The molecule has 2 aliphatic rings. The molecule has 38 heavy (non-hydrogen) atoms. The van der Waals surface area contributed by atoms with Crippen LogP contribution < -0.4 is 14.8 Å². The summed E-state index contributed by atoms with van der Waals surface area (Å²) in [5, 5.41) is 3.07. The maximum absolute atomic E-state index is 13.3. The molecule has 1 aromatic heterocycles. The van der Waals surface area contributed by atoms with Crippen LogP contribution in [-0.4, -0.2) is 39.9 Å². The fourth-order valence-electron chi connectivity index (χ4n) is 4.40. The van der Waals surface area contributed by atoms with Gasteiger partial charge in [-0.2, -0.15) is 0 Å². The highest BCUT2D eigenvalue weighted by molar-refractivity contribution is 8.18. The van der Waals surface area contributed by atoms with Gasteiger partial charge in [0, 0.05) is 41.0 Å². The van der Waals surface area contributed by atoms with E-state index in [0.717, 1.165) is 38.7 Å². The van der Waals surface area contributed by atoms with Crippen LogP contribution in [0.1, 0.15) is 11.1 Å². The quantitative estimate of drug-likeness (QED) is 0.344. The molecule has 0 atom stereocenters. The van der Waals surface area contributed by atoms with Gasteiger partial charge in [-0.3, -0.25) is 19.3 Å². The predicted octanol–water partition coefficient (Wildman–Crippen LogP) is 5.23. The van der Waals surface area contributed by atoms with E-state index in [9.17, 15) is 18.8 Å². The lowest BCUT2D eigenvalue weighted by atomic mass is 10.1. The van der Waals surface area contributed by atoms with Gasteiger partial charge in [-0.1, -0.05) is 30.3 Å². The van der Waals surface area contributed by atoms with Gasteiger partial charge in [-0.25, -0.2) is 4.39 Å². The number of para-hydroxylation sites is 1. The molecule has 3 amide bonds. The second kappa shape index (κ2) is 9.71. The summed E-state index contributed by atoms with van der Waals surface area (Å²) in [6.45, 7) is 0.208. The number of aromatic nitrogens is 1. The van der Waals surface area contributed by atoms with Crippen molar-refractivity contribution in [2.45, 2.75) is 6.54 Å². The fraction of sp³-hybridized carbons (Fsp3) is 0.107. The van der Waals surface area contributed by atoms with Crippen LogP contribution in [0.25, 0.3) is 17.0 Å². The molecular formula is C28H20FN3O5S. The zero-order chi connectivity index (χ0) is 26.2. The molecule has 4 aromatic rings. The molecule has 6 rings (SSSR count). The molecule has 0 spiro atoms. The number of benzene rings is 3. The van der Waals surface area contributed by atoms with Crippen molar-refractivity contribution < 1.29 is 28.2 Å². The van der Waals surface area contributed by atoms with Crippen molar-refractivity contribution in [2.75, 3.05) is 18.7 Å². The van der Waals surface area contributed by atoms with Crippen LogP contribution in [0.15, 0.2) is 77.8 Å². The number of thioether (sulfide) groups is 1. The normalized spacial score (nSPS) is 15.6. The van der Waals surface area contributed by atoms with E-state index in [2.05, 4.69) is 5.32 Å². The van der Waals surface area contributed by atoms with E-state index in [1.54, 1.807) is 36.4 Å². The zero-order valence-corrected chi connectivity index (χ0v) is 20.7. The van der Waals surface area contributed by atoms with Gasteiger partial charge < -0.3 is 19.4 Å². The lowest BCUT2D eigenvalue weighted by molar-refractivity contribution is -0.127. The van der Waals surface area contributed by atoms with E-state index in [4.69, 9.17) is 9.47 Å². The minimum atomic E-state index is -0.531. The molecular weight excluding hydrogens is 509 g/mol. The topological polar surface area (TPSA) is 89.9 Å². The highest BCUT2D eigenvalue weighted by Crippen LogP contribution is 2.36. The Hall–Kier alpha value is -4.57. The molecule has 3 heterocycles. The smallest absolute Gasteiger partial charge is 0.294 e. The van der Waals surface area contributed by atoms with Crippen LogP contribution in [-0.2, 0) is 16.1 Å². The average Bonchev–Trinajstić information content (AvgIpc) is 3.58. The van der Waals surface area contributed by atoms with E-state index in [0.29, 0.717) is 23.7 Å². The van der Waals surface area contributed by atoms with E-state index in [1.807, 2.05) is 35.0 Å². The second-order valence-electron chi connectivity index (χ2n) is 8.74. The van der Waals surface area contributed by atoms with Gasteiger partial charge in [0.25, 0.3) is 11.1 Å². The number of anilines is 1. The summed E-state index contributed by atoms with van der Waals surface area (Å²) in [4.78, 5) is 39.5. The van der Waals surface area contributed by atoms with Gasteiger partial charge in [0.05, 0.1) is 4.91 Å². The highest BCUT2D eigenvalue weighted by atomic mass is 32.2. The summed E-state index contributed by atoms with van der Waals surface area (Å²) in [6.07, 6.45) is 3.57. The molecule has 10 heteroatoms. The molecule has 8 nitrogen and oxygen atoms in total. The molecule has 190 valence electrons. The predicted molar refractivity (Wildman–Crippen MR) is 141 cm³/mol. The van der Waals surface area contributed by atoms with Crippen molar-refractivity contribution in [3.63, 3.8) is 0 Å². The van der Waals surface area contributed by atoms with Gasteiger partial charge in [-0.05, 0) is 53.7 Å². The lowest BCUT2D eigenvalue weighted by Gasteiger charge is -2.12. The van der Waals surface area contributed by atoms with Gasteiger partial charge in [-0.15, -0.1) is 0 Å². The number of nitrogens with one attached hydrogen (secondary N) is 1. The molecule has 1 fully saturated rings. The number of carbonyl (C=O) groups is 3. The van der Waals surface area contributed by atoms with Crippen LogP contribution in [0, 0.1) is 5.82 Å². The van der Waals surface area contributed by atoms with Crippen LogP contribution in [0.3, 0.4) is 0 Å². The first-order valence-electron chi connectivity index (χ1n) is 11.7. The van der Waals surface area contributed by atoms with Crippen molar-refractivity contribution in [2.24, 2.45) is 0 Å². The van der Waals surface area contributed by atoms with Crippen LogP contribution >= 0.6 is 11.8 Å².